The maximum Gasteiger partial charge on any atom is 0.319 e. The third kappa shape index (κ3) is 4.93. The number of rotatable bonds is 10. The van der Waals surface area contributed by atoms with E-state index in [-0.39, 0.29) is 17.8 Å². The van der Waals surface area contributed by atoms with Crippen molar-refractivity contribution in [3.8, 4) is 11.8 Å². The quantitative estimate of drug-likeness (QED) is 0.319. The number of esters is 1. The van der Waals surface area contributed by atoms with E-state index in [4.69, 9.17) is 15.2 Å². The van der Waals surface area contributed by atoms with Crippen molar-refractivity contribution in [1.29, 1.82) is 5.26 Å². The highest BCUT2D eigenvalue weighted by Crippen LogP contribution is 2.48. The fourth-order valence-electron chi connectivity index (χ4n) is 4.51. The van der Waals surface area contributed by atoms with E-state index in [1.54, 1.807) is 6.07 Å². The van der Waals surface area contributed by atoms with Crippen LogP contribution in [0.1, 0.15) is 82.8 Å². The summed E-state index contributed by atoms with van der Waals surface area (Å²) < 4.78 is 11.4. The minimum absolute atomic E-state index is 0.152. The average Bonchev–Trinajstić information content (AvgIpc) is 2.72. The number of hydrogen-bond acceptors (Lipinski definition) is 5. The van der Waals surface area contributed by atoms with E-state index in [0.717, 1.165) is 24.8 Å². The highest BCUT2D eigenvalue weighted by Gasteiger charge is 2.49. The Morgan fingerprint density at radius 3 is 2.38 bits per heavy atom. The molecule has 0 radical (unpaired) electrons. The number of carbonyl (C=O) groups excluding carboxylic acids is 1. The molecule has 0 unspecified atom stereocenters. The van der Waals surface area contributed by atoms with Crippen LogP contribution in [0.2, 0.25) is 0 Å². The summed E-state index contributed by atoms with van der Waals surface area (Å²) in [6, 6.07) is 9.58. The minimum Gasteiger partial charge on any atom is -0.469 e. The van der Waals surface area contributed by atoms with Crippen LogP contribution in [0.5, 0.6) is 5.75 Å². The molecule has 2 aliphatic rings. The molecule has 0 bridgehead atoms. The van der Waals surface area contributed by atoms with Crippen LogP contribution in [-0.2, 0) is 9.53 Å². The summed E-state index contributed by atoms with van der Waals surface area (Å²) in [5.74, 6) is -0.409. The molecular weight excluding hydrogens is 364 g/mol. The standard InChI is InChI=1S/C24H32N2O3/c1-2-3-4-5-6-7-8-9-10-13-17-19(16-25)23(26)29-22-18-14-11-12-15-20(18)28-24(27)21(17)22/h11-12,14-15,17,21-22H,2-10,13,26H2,1H3/t17-,21-,22+/m1/s1. The lowest BCUT2D eigenvalue weighted by Crippen LogP contribution is -2.42. The first-order valence-corrected chi connectivity index (χ1v) is 11.0. The summed E-state index contributed by atoms with van der Waals surface area (Å²) in [6.45, 7) is 2.23. The van der Waals surface area contributed by atoms with Gasteiger partial charge in [0, 0.05) is 11.5 Å². The SMILES string of the molecule is CCCCCCCCCCC[C@@H]1C(C#N)=C(N)O[C@H]2c3ccccc3OC(=O)[C@H]12. The summed E-state index contributed by atoms with van der Waals surface area (Å²) in [5, 5.41) is 9.63. The van der Waals surface area contributed by atoms with Crippen LogP contribution in [0.25, 0.3) is 0 Å². The number of hydrogen-bond donors (Lipinski definition) is 1. The number of ether oxygens (including phenoxy) is 2. The summed E-state index contributed by atoms with van der Waals surface area (Å²) in [5.41, 5.74) is 7.30. The Kier molecular flexibility index (Phi) is 7.57. The van der Waals surface area contributed by atoms with Gasteiger partial charge >= 0.3 is 5.97 Å². The highest BCUT2D eigenvalue weighted by molar-refractivity contribution is 5.80. The van der Waals surface area contributed by atoms with E-state index in [0.29, 0.717) is 11.3 Å². The Morgan fingerprint density at radius 2 is 1.69 bits per heavy atom. The zero-order chi connectivity index (χ0) is 20.6. The molecule has 0 saturated heterocycles. The lowest BCUT2D eigenvalue weighted by atomic mass is 9.74. The van der Waals surface area contributed by atoms with Crippen molar-refractivity contribution in [3.63, 3.8) is 0 Å². The van der Waals surface area contributed by atoms with Crippen LogP contribution < -0.4 is 10.5 Å². The lowest BCUT2D eigenvalue weighted by molar-refractivity contribution is -0.150. The summed E-state index contributed by atoms with van der Waals surface area (Å²) in [6.07, 6.45) is 11.3. The molecule has 3 atom stereocenters. The van der Waals surface area contributed by atoms with Crippen LogP contribution in [-0.4, -0.2) is 5.97 Å². The Morgan fingerprint density at radius 1 is 1.03 bits per heavy atom. The number of nitrogens with two attached hydrogens (primary N) is 1. The van der Waals surface area contributed by atoms with E-state index in [1.807, 2.05) is 18.2 Å². The largest absolute Gasteiger partial charge is 0.469 e. The molecule has 2 N–H and O–H groups in total. The molecule has 29 heavy (non-hydrogen) atoms. The van der Waals surface area contributed by atoms with E-state index >= 15 is 0 Å². The van der Waals surface area contributed by atoms with Gasteiger partial charge in [0.2, 0.25) is 0 Å². The molecule has 0 saturated carbocycles. The molecule has 5 heteroatoms. The van der Waals surface area contributed by atoms with E-state index in [2.05, 4.69) is 13.0 Å². The Labute approximate surface area is 173 Å². The van der Waals surface area contributed by atoms with Crippen molar-refractivity contribution in [2.75, 3.05) is 0 Å². The van der Waals surface area contributed by atoms with Crippen molar-refractivity contribution >= 4 is 5.97 Å². The normalized spacial score (nSPS) is 22.9. The van der Waals surface area contributed by atoms with Gasteiger partial charge in [-0.15, -0.1) is 0 Å². The van der Waals surface area contributed by atoms with Crippen molar-refractivity contribution in [2.45, 2.75) is 77.2 Å². The monoisotopic (exact) mass is 396 g/mol. The molecule has 0 fully saturated rings. The summed E-state index contributed by atoms with van der Waals surface area (Å²) in [7, 11) is 0. The average molecular weight is 397 g/mol. The summed E-state index contributed by atoms with van der Waals surface area (Å²) in [4.78, 5) is 12.8. The number of nitriles is 1. The van der Waals surface area contributed by atoms with Gasteiger partial charge in [-0.2, -0.15) is 5.26 Å². The second kappa shape index (κ2) is 10.3. The van der Waals surface area contributed by atoms with Gasteiger partial charge < -0.3 is 15.2 Å². The van der Waals surface area contributed by atoms with Gasteiger partial charge in [0.25, 0.3) is 0 Å². The predicted octanol–water partition coefficient (Wildman–Crippen LogP) is 5.52. The zero-order valence-electron chi connectivity index (χ0n) is 17.4. The number of unbranched alkanes of at least 4 members (excludes halogenated alkanes) is 8. The van der Waals surface area contributed by atoms with Crippen LogP contribution in [0.3, 0.4) is 0 Å². The Bertz CT molecular complexity index is 781. The van der Waals surface area contributed by atoms with Crippen molar-refractivity contribution in [3.05, 3.63) is 41.3 Å². The maximum atomic E-state index is 12.8. The first-order valence-electron chi connectivity index (χ1n) is 11.0. The maximum absolute atomic E-state index is 12.8. The van der Waals surface area contributed by atoms with Crippen LogP contribution in [0, 0.1) is 23.2 Å². The molecule has 1 aromatic rings. The minimum atomic E-state index is -0.513. The number of allylic oxidation sites excluding steroid dienone is 1. The molecule has 3 rings (SSSR count). The number of carbonyl (C=O) groups is 1. The van der Waals surface area contributed by atoms with Gasteiger partial charge in [0.1, 0.15) is 23.8 Å². The third-order valence-electron chi connectivity index (χ3n) is 6.10. The van der Waals surface area contributed by atoms with Gasteiger partial charge in [0.15, 0.2) is 5.88 Å². The van der Waals surface area contributed by atoms with Gasteiger partial charge in [-0.1, -0.05) is 82.9 Å². The lowest BCUT2D eigenvalue weighted by Gasteiger charge is -2.40. The topological polar surface area (TPSA) is 85.3 Å². The van der Waals surface area contributed by atoms with Gasteiger partial charge in [-0.3, -0.25) is 4.79 Å². The van der Waals surface area contributed by atoms with Crippen molar-refractivity contribution < 1.29 is 14.3 Å². The fourth-order valence-corrected chi connectivity index (χ4v) is 4.51. The van der Waals surface area contributed by atoms with Crippen LogP contribution in [0.15, 0.2) is 35.7 Å². The smallest absolute Gasteiger partial charge is 0.319 e. The van der Waals surface area contributed by atoms with Crippen molar-refractivity contribution in [1.82, 2.24) is 0 Å². The molecular formula is C24H32N2O3. The Hall–Kier alpha value is -2.48. The first-order chi connectivity index (χ1) is 14.2. The Balaban J connectivity index is 1.60. The summed E-state index contributed by atoms with van der Waals surface area (Å²) >= 11 is 0. The van der Waals surface area contributed by atoms with E-state index in [9.17, 15) is 10.1 Å². The van der Waals surface area contributed by atoms with E-state index < -0.39 is 12.0 Å². The molecule has 2 heterocycles. The molecule has 0 aliphatic carbocycles. The second-order valence-corrected chi connectivity index (χ2v) is 8.14. The van der Waals surface area contributed by atoms with Gasteiger partial charge in [-0.05, 0) is 12.5 Å². The van der Waals surface area contributed by atoms with E-state index in [1.165, 1.54) is 44.9 Å². The molecule has 2 aliphatic heterocycles. The highest BCUT2D eigenvalue weighted by atomic mass is 16.6. The van der Waals surface area contributed by atoms with Crippen LogP contribution >= 0.6 is 0 Å². The molecule has 0 aromatic heterocycles. The fraction of sp³-hybridized carbons (Fsp3) is 0.583. The zero-order valence-corrected chi connectivity index (χ0v) is 17.4. The second-order valence-electron chi connectivity index (χ2n) is 8.14. The molecule has 5 nitrogen and oxygen atoms in total. The molecule has 0 amide bonds. The van der Waals surface area contributed by atoms with Crippen molar-refractivity contribution in [2.24, 2.45) is 17.6 Å². The van der Waals surface area contributed by atoms with Crippen LogP contribution in [0.4, 0.5) is 0 Å². The third-order valence-corrected chi connectivity index (χ3v) is 6.10. The van der Waals surface area contributed by atoms with Gasteiger partial charge in [-0.25, -0.2) is 0 Å². The number of benzene rings is 1. The molecule has 0 spiro atoms. The number of para-hydroxylation sites is 1. The first kappa shape index (κ1) is 21.2. The predicted molar refractivity (Wildman–Crippen MR) is 112 cm³/mol. The molecule has 1 aromatic carbocycles. The van der Waals surface area contributed by atoms with Gasteiger partial charge in [0.05, 0.1) is 5.57 Å². The number of nitrogens with zero attached hydrogens (tertiary/aromatic N) is 1. The molecule has 156 valence electrons. The number of fused-ring (bicyclic) bond motifs is 3.